The van der Waals surface area contributed by atoms with Gasteiger partial charge in [-0.25, -0.2) is 0 Å². The van der Waals surface area contributed by atoms with Crippen LogP contribution in [0, 0.1) is 0 Å². The van der Waals surface area contributed by atoms with Crippen LogP contribution >= 0.6 is 0 Å². The molecule has 0 radical (unpaired) electrons. The first kappa shape index (κ1) is 7.76. The zero-order valence-electron chi connectivity index (χ0n) is 7.69. The van der Waals surface area contributed by atoms with E-state index in [1.165, 1.54) is 0 Å². The fourth-order valence-electron chi connectivity index (χ4n) is 3.00. The average molecular weight is 182 g/mol. The Morgan fingerprint density at radius 3 is 3.08 bits per heavy atom. The maximum absolute atomic E-state index is 11.0. The molecule has 4 nitrogen and oxygen atoms in total. The van der Waals surface area contributed by atoms with E-state index < -0.39 is 0 Å². The minimum Gasteiger partial charge on any atom is -0.370 e. The molecule has 3 rings (SSSR count). The lowest BCUT2D eigenvalue weighted by Crippen LogP contribution is -2.44. The van der Waals surface area contributed by atoms with Crippen LogP contribution in [0.5, 0.6) is 0 Å². The van der Waals surface area contributed by atoms with Crippen LogP contribution in [0.3, 0.4) is 0 Å². The lowest BCUT2D eigenvalue weighted by molar-refractivity contribution is -0.119. The zero-order chi connectivity index (χ0) is 9.00. The molecule has 1 amide bonds. The Hall–Kier alpha value is -0.610. The third-order valence-corrected chi connectivity index (χ3v) is 3.41. The van der Waals surface area contributed by atoms with Crippen molar-refractivity contribution in [1.82, 2.24) is 10.2 Å². The van der Waals surface area contributed by atoms with E-state index in [4.69, 9.17) is 4.74 Å². The second-order valence-electron chi connectivity index (χ2n) is 4.21. The Morgan fingerprint density at radius 1 is 1.54 bits per heavy atom. The second-order valence-corrected chi connectivity index (χ2v) is 4.21. The molecule has 3 aliphatic heterocycles. The highest BCUT2D eigenvalue weighted by molar-refractivity contribution is 5.73. The van der Waals surface area contributed by atoms with E-state index >= 15 is 0 Å². The topological polar surface area (TPSA) is 41.6 Å². The van der Waals surface area contributed by atoms with Crippen LogP contribution in [0.4, 0.5) is 0 Å². The average Bonchev–Trinajstić information content (AvgIpc) is 2.60. The predicted molar refractivity (Wildman–Crippen MR) is 46.2 cm³/mol. The Bertz CT molecular complexity index is 242. The van der Waals surface area contributed by atoms with Crippen molar-refractivity contribution in [3.05, 3.63) is 0 Å². The lowest BCUT2D eigenvalue weighted by Gasteiger charge is -2.21. The number of hydrogen-bond donors (Lipinski definition) is 1. The molecule has 1 N–H and O–H groups in total. The number of rotatable bonds is 1. The largest absolute Gasteiger partial charge is 0.370 e. The quantitative estimate of drug-likeness (QED) is 0.585. The Balaban J connectivity index is 1.81. The van der Waals surface area contributed by atoms with Crippen LogP contribution in [0.1, 0.15) is 13.3 Å². The number of amides is 1. The molecule has 0 saturated carbocycles. The van der Waals surface area contributed by atoms with Gasteiger partial charge < -0.3 is 10.1 Å². The van der Waals surface area contributed by atoms with Crippen molar-refractivity contribution >= 4 is 5.91 Å². The molecule has 4 atom stereocenters. The maximum atomic E-state index is 11.0. The molecule has 0 unspecified atom stereocenters. The molecule has 0 aromatic rings. The molecule has 3 fully saturated rings. The van der Waals surface area contributed by atoms with E-state index in [1.807, 2.05) is 0 Å². The highest BCUT2D eigenvalue weighted by Gasteiger charge is 2.57. The second kappa shape index (κ2) is 2.45. The van der Waals surface area contributed by atoms with Crippen LogP contribution in [0.15, 0.2) is 0 Å². The molecule has 72 valence electrons. The summed E-state index contributed by atoms with van der Waals surface area (Å²) in [5.41, 5.74) is 0. The van der Waals surface area contributed by atoms with Gasteiger partial charge in [0.25, 0.3) is 0 Å². The van der Waals surface area contributed by atoms with Gasteiger partial charge in [-0.05, 0) is 6.42 Å². The van der Waals surface area contributed by atoms with Crippen molar-refractivity contribution in [2.45, 2.75) is 37.6 Å². The van der Waals surface area contributed by atoms with Crippen molar-refractivity contribution < 1.29 is 9.53 Å². The SMILES string of the molecule is CC(=O)N[C@@H]1[C@H]2[C@@H]3CCN2C[C@H]1O3. The predicted octanol–water partition coefficient (Wildman–Crippen LogP) is -0.654. The van der Waals surface area contributed by atoms with E-state index in [-0.39, 0.29) is 18.1 Å². The van der Waals surface area contributed by atoms with Crippen LogP contribution in [-0.4, -0.2) is 48.2 Å². The van der Waals surface area contributed by atoms with Gasteiger partial charge in [0, 0.05) is 20.0 Å². The van der Waals surface area contributed by atoms with Crippen molar-refractivity contribution in [2.75, 3.05) is 13.1 Å². The van der Waals surface area contributed by atoms with Crippen molar-refractivity contribution in [1.29, 1.82) is 0 Å². The molecular weight excluding hydrogens is 168 g/mol. The van der Waals surface area contributed by atoms with Crippen molar-refractivity contribution in [3.8, 4) is 0 Å². The lowest BCUT2D eigenvalue weighted by atomic mass is 10.1. The third-order valence-electron chi connectivity index (χ3n) is 3.41. The first-order valence-corrected chi connectivity index (χ1v) is 4.92. The highest BCUT2D eigenvalue weighted by atomic mass is 16.5. The summed E-state index contributed by atoms with van der Waals surface area (Å²) in [4.78, 5) is 13.4. The van der Waals surface area contributed by atoms with Gasteiger partial charge >= 0.3 is 0 Å². The third kappa shape index (κ3) is 0.957. The smallest absolute Gasteiger partial charge is 0.217 e. The molecule has 0 aromatic heterocycles. The number of nitrogens with one attached hydrogen (secondary N) is 1. The molecule has 0 spiro atoms. The van der Waals surface area contributed by atoms with Gasteiger partial charge in [-0.15, -0.1) is 0 Å². The number of hydrogen-bond acceptors (Lipinski definition) is 3. The van der Waals surface area contributed by atoms with E-state index in [1.54, 1.807) is 6.92 Å². The number of morpholine rings is 1. The standard InChI is InChI=1S/C9H14N2O2/c1-5(12)10-8-7-4-11-3-2-6(13-7)9(8)11/h6-9H,2-4H2,1H3,(H,10,12)/t6-,7+,8-,9+/m0/s1. The number of ether oxygens (including phenoxy) is 1. The van der Waals surface area contributed by atoms with Gasteiger partial charge in [0.1, 0.15) is 0 Å². The number of carbonyl (C=O) groups is 1. The summed E-state index contributed by atoms with van der Waals surface area (Å²) in [7, 11) is 0. The van der Waals surface area contributed by atoms with Gasteiger partial charge in [0.05, 0.1) is 24.3 Å². The highest BCUT2D eigenvalue weighted by Crippen LogP contribution is 2.39. The summed E-state index contributed by atoms with van der Waals surface area (Å²) >= 11 is 0. The fraction of sp³-hybridized carbons (Fsp3) is 0.889. The Kier molecular flexibility index (Phi) is 1.46. The summed E-state index contributed by atoms with van der Waals surface area (Å²) in [6, 6.07) is 0.721. The minimum atomic E-state index is 0.0630. The van der Waals surface area contributed by atoms with Gasteiger partial charge in [-0.1, -0.05) is 0 Å². The van der Waals surface area contributed by atoms with Crippen molar-refractivity contribution in [3.63, 3.8) is 0 Å². The molecule has 3 aliphatic rings. The fourth-order valence-corrected chi connectivity index (χ4v) is 3.00. The van der Waals surface area contributed by atoms with E-state index in [9.17, 15) is 4.79 Å². The summed E-state index contributed by atoms with van der Waals surface area (Å²) < 4.78 is 5.81. The summed E-state index contributed by atoms with van der Waals surface area (Å²) in [5, 5.41) is 3.00. The van der Waals surface area contributed by atoms with E-state index in [2.05, 4.69) is 10.2 Å². The van der Waals surface area contributed by atoms with Crippen molar-refractivity contribution in [2.24, 2.45) is 0 Å². The first-order valence-electron chi connectivity index (χ1n) is 4.92. The van der Waals surface area contributed by atoms with E-state index in [0.717, 1.165) is 19.5 Å². The minimum absolute atomic E-state index is 0.0630. The van der Waals surface area contributed by atoms with Gasteiger partial charge in [-0.3, -0.25) is 9.69 Å². The van der Waals surface area contributed by atoms with Crippen LogP contribution < -0.4 is 5.32 Å². The normalized spacial score (nSPS) is 47.2. The van der Waals surface area contributed by atoms with Gasteiger partial charge in [0.15, 0.2) is 0 Å². The van der Waals surface area contributed by atoms with Crippen LogP contribution in [0.25, 0.3) is 0 Å². The number of carbonyl (C=O) groups excluding carboxylic acids is 1. The Morgan fingerprint density at radius 2 is 2.38 bits per heavy atom. The monoisotopic (exact) mass is 182 g/mol. The van der Waals surface area contributed by atoms with E-state index in [0.29, 0.717) is 12.1 Å². The molecular formula is C9H14N2O2. The summed E-state index contributed by atoms with van der Waals surface area (Å²) in [6.45, 7) is 3.73. The Labute approximate surface area is 77.2 Å². The molecule has 13 heavy (non-hydrogen) atoms. The summed E-state index contributed by atoms with van der Waals surface area (Å²) in [5.74, 6) is 0.0630. The molecule has 0 aromatic carbocycles. The number of fused-ring (bicyclic) bond motifs is 1. The molecule has 3 saturated heterocycles. The summed E-state index contributed by atoms with van der Waals surface area (Å²) in [6.07, 6.45) is 1.77. The first-order chi connectivity index (χ1) is 6.25. The molecule has 3 heterocycles. The molecule has 0 aliphatic carbocycles. The number of nitrogens with zero attached hydrogens (tertiary/aromatic N) is 1. The van der Waals surface area contributed by atoms with Gasteiger partial charge in [0.2, 0.25) is 5.91 Å². The molecule has 4 heteroatoms. The van der Waals surface area contributed by atoms with Gasteiger partial charge in [-0.2, -0.15) is 0 Å². The zero-order valence-corrected chi connectivity index (χ0v) is 7.69. The van der Waals surface area contributed by atoms with Crippen LogP contribution in [0.2, 0.25) is 0 Å². The molecule has 2 bridgehead atoms. The maximum Gasteiger partial charge on any atom is 0.217 e. The van der Waals surface area contributed by atoms with Crippen LogP contribution in [-0.2, 0) is 9.53 Å².